The van der Waals surface area contributed by atoms with E-state index in [1.165, 1.54) is 11.1 Å². The first-order chi connectivity index (χ1) is 9.65. The van der Waals surface area contributed by atoms with Crippen LogP contribution >= 0.6 is 0 Å². The Kier molecular flexibility index (Phi) is 3.35. The second-order valence-corrected chi connectivity index (χ2v) is 5.44. The smallest absolute Gasteiger partial charge is 0.255 e. The molecule has 0 aliphatic heterocycles. The standard InChI is InChI=1S/C17H19NO2/c1-11-10-15(12(2)20-11)17(19)18-16-9-5-7-13-6-3-4-8-14(13)16/h3-4,6,8,10,16H,5,7,9H2,1-2H3,(H,18,19)/t16-/m1/s1. The van der Waals surface area contributed by atoms with Crippen molar-refractivity contribution < 1.29 is 9.21 Å². The van der Waals surface area contributed by atoms with Crippen LogP contribution in [0.5, 0.6) is 0 Å². The first-order valence-electron chi connectivity index (χ1n) is 7.11. The molecule has 0 saturated heterocycles. The van der Waals surface area contributed by atoms with E-state index in [1.54, 1.807) is 6.07 Å². The SMILES string of the molecule is Cc1cc(C(=O)N[C@@H]2CCCc3ccccc32)c(C)o1. The average molecular weight is 269 g/mol. The molecule has 1 N–H and O–H groups in total. The van der Waals surface area contributed by atoms with Crippen molar-refractivity contribution in [3.63, 3.8) is 0 Å². The summed E-state index contributed by atoms with van der Waals surface area (Å²) >= 11 is 0. The summed E-state index contributed by atoms with van der Waals surface area (Å²) < 4.78 is 5.43. The van der Waals surface area contributed by atoms with Gasteiger partial charge in [-0.2, -0.15) is 0 Å². The molecule has 1 aliphatic rings. The summed E-state index contributed by atoms with van der Waals surface area (Å²) in [5.41, 5.74) is 3.25. The Bertz CT molecular complexity index is 642. The molecular formula is C17H19NO2. The highest BCUT2D eigenvalue weighted by Gasteiger charge is 2.23. The molecule has 1 aliphatic carbocycles. The number of fused-ring (bicyclic) bond motifs is 1. The van der Waals surface area contributed by atoms with Crippen LogP contribution in [0.2, 0.25) is 0 Å². The zero-order chi connectivity index (χ0) is 14.1. The molecule has 1 amide bonds. The average Bonchev–Trinajstić information content (AvgIpc) is 2.78. The molecule has 1 aromatic carbocycles. The molecule has 3 rings (SSSR count). The number of nitrogens with one attached hydrogen (secondary N) is 1. The van der Waals surface area contributed by atoms with Crippen LogP contribution in [-0.4, -0.2) is 5.91 Å². The first kappa shape index (κ1) is 13.0. The summed E-state index contributed by atoms with van der Waals surface area (Å²) in [5.74, 6) is 1.42. The van der Waals surface area contributed by atoms with Gasteiger partial charge in [0.2, 0.25) is 0 Å². The number of aryl methyl sites for hydroxylation is 3. The van der Waals surface area contributed by atoms with Crippen molar-refractivity contribution in [2.24, 2.45) is 0 Å². The monoisotopic (exact) mass is 269 g/mol. The van der Waals surface area contributed by atoms with Gasteiger partial charge in [-0.3, -0.25) is 4.79 Å². The zero-order valence-electron chi connectivity index (χ0n) is 11.9. The maximum absolute atomic E-state index is 12.4. The molecule has 1 heterocycles. The predicted molar refractivity (Wildman–Crippen MR) is 77.8 cm³/mol. The Morgan fingerprint density at radius 3 is 2.85 bits per heavy atom. The van der Waals surface area contributed by atoms with Crippen LogP contribution in [0, 0.1) is 13.8 Å². The molecule has 1 atom stereocenters. The van der Waals surface area contributed by atoms with Gasteiger partial charge in [0.25, 0.3) is 5.91 Å². The Labute approximate surface area is 119 Å². The third-order valence-corrected chi connectivity index (χ3v) is 3.96. The minimum absolute atomic E-state index is 0.0407. The summed E-state index contributed by atoms with van der Waals surface area (Å²) in [6.45, 7) is 3.69. The van der Waals surface area contributed by atoms with Crippen LogP contribution in [0.25, 0.3) is 0 Å². The minimum Gasteiger partial charge on any atom is -0.466 e. The molecule has 2 aromatic rings. The van der Waals surface area contributed by atoms with Crippen LogP contribution < -0.4 is 5.32 Å². The highest BCUT2D eigenvalue weighted by atomic mass is 16.3. The lowest BCUT2D eigenvalue weighted by Crippen LogP contribution is -2.31. The Balaban J connectivity index is 1.82. The van der Waals surface area contributed by atoms with E-state index in [1.807, 2.05) is 19.9 Å². The maximum Gasteiger partial charge on any atom is 0.255 e. The molecule has 3 nitrogen and oxygen atoms in total. The van der Waals surface area contributed by atoms with Crippen molar-refractivity contribution in [3.8, 4) is 0 Å². The van der Waals surface area contributed by atoms with Crippen molar-refractivity contribution in [1.82, 2.24) is 5.32 Å². The van der Waals surface area contributed by atoms with Gasteiger partial charge in [-0.05, 0) is 50.3 Å². The lowest BCUT2D eigenvalue weighted by molar-refractivity contribution is 0.0931. The van der Waals surface area contributed by atoms with Crippen molar-refractivity contribution >= 4 is 5.91 Å². The maximum atomic E-state index is 12.4. The molecule has 3 heteroatoms. The van der Waals surface area contributed by atoms with Gasteiger partial charge in [0.15, 0.2) is 0 Å². The van der Waals surface area contributed by atoms with Gasteiger partial charge in [-0.25, -0.2) is 0 Å². The normalized spacial score (nSPS) is 17.6. The largest absolute Gasteiger partial charge is 0.466 e. The van der Waals surface area contributed by atoms with Gasteiger partial charge in [0, 0.05) is 0 Å². The molecule has 104 valence electrons. The summed E-state index contributed by atoms with van der Waals surface area (Å²) in [7, 11) is 0. The van der Waals surface area contributed by atoms with E-state index in [4.69, 9.17) is 4.42 Å². The number of rotatable bonds is 2. The van der Waals surface area contributed by atoms with E-state index in [0.29, 0.717) is 11.3 Å². The second-order valence-electron chi connectivity index (χ2n) is 5.44. The van der Waals surface area contributed by atoms with E-state index >= 15 is 0 Å². The van der Waals surface area contributed by atoms with Crippen molar-refractivity contribution in [3.05, 3.63) is 58.5 Å². The Morgan fingerprint density at radius 2 is 2.10 bits per heavy atom. The van der Waals surface area contributed by atoms with Gasteiger partial charge in [0.1, 0.15) is 11.5 Å². The van der Waals surface area contributed by atoms with Crippen molar-refractivity contribution in [1.29, 1.82) is 0 Å². The fourth-order valence-corrected chi connectivity index (χ4v) is 3.00. The summed E-state index contributed by atoms with van der Waals surface area (Å²) in [6.07, 6.45) is 3.22. The summed E-state index contributed by atoms with van der Waals surface area (Å²) in [4.78, 5) is 12.4. The molecule has 0 fully saturated rings. The molecule has 0 bridgehead atoms. The van der Waals surface area contributed by atoms with Gasteiger partial charge in [0.05, 0.1) is 11.6 Å². The summed E-state index contributed by atoms with van der Waals surface area (Å²) in [6, 6.07) is 10.3. The van der Waals surface area contributed by atoms with Crippen molar-refractivity contribution in [2.75, 3.05) is 0 Å². The fraction of sp³-hybridized carbons (Fsp3) is 0.353. The second kappa shape index (κ2) is 5.16. The number of furan rings is 1. The van der Waals surface area contributed by atoms with E-state index in [2.05, 4.69) is 23.5 Å². The molecule has 0 unspecified atom stereocenters. The van der Waals surface area contributed by atoms with Crippen molar-refractivity contribution in [2.45, 2.75) is 39.2 Å². The number of amides is 1. The summed E-state index contributed by atoms with van der Waals surface area (Å²) in [5, 5.41) is 3.15. The number of carbonyl (C=O) groups excluding carboxylic acids is 1. The topological polar surface area (TPSA) is 42.2 Å². The van der Waals surface area contributed by atoms with E-state index in [9.17, 15) is 4.79 Å². The number of hydrogen-bond donors (Lipinski definition) is 1. The molecule has 0 saturated carbocycles. The lowest BCUT2D eigenvalue weighted by atomic mass is 9.87. The highest BCUT2D eigenvalue weighted by molar-refractivity contribution is 5.95. The van der Waals surface area contributed by atoms with E-state index in [0.717, 1.165) is 25.0 Å². The fourth-order valence-electron chi connectivity index (χ4n) is 3.00. The van der Waals surface area contributed by atoms with E-state index < -0.39 is 0 Å². The highest BCUT2D eigenvalue weighted by Crippen LogP contribution is 2.29. The van der Waals surface area contributed by atoms with Crippen LogP contribution in [0.15, 0.2) is 34.7 Å². The molecule has 0 spiro atoms. The van der Waals surface area contributed by atoms with Gasteiger partial charge in [-0.15, -0.1) is 0 Å². The molecule has 20 heavy (non-hydrogen) atoms. The number of hydrogen-bond acceptors (Lipinski definition) is 2. The van der Waals surface area contributed by atoms with Crippen LogP contribution in [0.3, 0.4) is 0 Å². The molecule has 0 radical (unpaired) electrons. The Morgan fingerprint density at radius 1 is 1.30 bits per heavy atom. The van der Waals surface area contributed by atoms with Crippen LogP contribution in [0.1, 0.15) is 51.9 Å². The minimum atomic E-state index is -0.0407. The third-order valence-electron chi connectivity index (χ3n) is 3.96. The Hall–Kier alpha value is -2.03. The quantitative estimate of drug-likeness (QED) is 0.903. The lowest BCUT2D eigenvalue weighted by Gasteiger charge is -2.26. The molecule has 1 aromatic heterocycles. The number of carbonyl (C=O) groups is 1. The van der Waals surface area contributed by atoms with Gasteiger partial charge < -0.3 is 9.73 Å². The van der Waals surface area contributed by atoms with Gasteiger partial charge >= 0.3 is 0 Å². The molecular weight excluding hydrogens is 250 g/mol. The van der Waals surface area contributed by atoms with Crippen LogP contribution in [-0.2, 0) is 6.42 Å². The van der Waals surface area contributed by atoms with Gasteiger partial charge in [-0.1, -0.05) is 24.3 Å². The number of benzene rings is 1. The third kappa shape index (κ3) is 2.36. The van der Waals surface area contributed by atoms with Crippen LogP contribution in [0.4, 0.5) is 0 Å². The predicted octanol–water partition coefficient (Wildman–Crippen LogP) is 3.70. The zero-order valence-corrected chi connectivity index (χ0v) is 11.9. The first-order valence-corrected chi connectivity index (χ1v) is 7.11. The van der Waals surface area contributed by atoms with E-state index in [-0.39, 0.29) is 11.9 Å².